The summed E-state index contributed by atoms with van der Waals surface area (Å²) >= 11 is 0. The van der Waals surface area contributed by atoms with E-state index in [-0.39, 0.29) is 17.6 Å². The van der Waals surface area contributed by atoms with Gasteiger partial charge in [0.25, 0.3) is 0 Å². The molecule has 1 aliphatic heterocycles. The Morgan fingerprint density at radius 3 is 2.42 bits per heavy atom. The minimum atomic E-state index is -5.79. The second-order valence-corrected chi connectivity index (χ2v) is 12.8. The summed E-state index contributed by atoms with van der Waals surface area (Å²) in [6.45, 7) is 0. The summed E-state index contributed by atoms with van der Waals surface area (Å²) in [5.74, 6) is 0.302. The Labute approximate surface area is 200 Å². The lowest BCUT2D eigenvalue weighted by Gasteiger charge is -2.23. The van der Waals surface area contributed by atoms with E-state index in [0.717, 1.165) is 17.4 Å². The van der Waals surface area contributed by atoms with Gasteiger partial charge < -0.3 is 40.1 Å². The number of aromatic nitrogens is 4. The van der Waals surface area contributed by atoms with Crippen LogP contribution in [0.25, 0.3) is 11.2 Å². The molecule has 1 saturated heterocycles. The second-order valence-electron chi connectivity index (χ2n) is 8.42. The van der Waals surface area contributed by atoms with Gasteiger partial charge in [-0.15, -0.1) is 0 Å². The number of nitrogen functional groups attached to an aromatic ring is 1. The van der Waals surface area contributed by atoms with Gasteiger partial charge in [0.05, 0.1) is 6.33 Å². The van der Waals surface area contributed by atoms with E-state index in [2.05, 4.69) is 28.1 Å². The minimum absolute atomic E-state index is 0.104. The minimum Gasteiger partial charge on any atom is -0.381 e. The van der Waals surface area contributed by atoms with Gasteiger partial charge in [-0.25, -0.2) is 23.1 Å². The third-order valence-electron chi connectivity index (χ3n) is 5.84. The zero-order chi connectivity index (χ0) is 26.4. The number of nitrogens with zero attached hydrogens (tertiary/aromatic N) is 5. The van der Waals surface area contributed by atoms with Crippen molar-refractivity contribution in [1.82, 2.24) is 19.5 Å². The third kappa shape index (κ3) is 4.60. The maximum Gasteiger partial charge on any atom is 0.490 e. The van der Waals surface area contributed by atoms with E-state index < -0.39 is 53.7 Å². The molecule has 2 aromatic rings. The van der Waals surface area contributed by atoms with E-state index in [1.165, 1.54) is 6.33 Å². The van der Waals surface area contributed by atoms with Crippen LogP contribution in [0.1, 0.15) is 19.1 Å². The molecule has 200 valence electrons. The van der Waals surface area contributed by atoms with Crippen molar-refractivity contribution in [3.05, 3.63) is 6.33 Å². The molecule has 7 N–H and O–H groups in total. The van der Waals surface area contributed by atoms with Crippen LogP contribution in [0.15, 0.2) is 6.33 Å². The van der Waals surface area contributed by atoms with Gasteiger partial charge in [-0.2, -0.15) is 18.6 Å². The molecule has 22 heteroatoms. The van der Waals surface area contributed by atoms with E-state index in [9.17, 15) is 28.6 Å². The molecule has 3 unspecified atom stereocenters. The molecule has 18 nitrogen and oxygen atoms in total. The van der Waals surface area contributed by atoms with Gasteiger partial charge in [0.1, 0.15) is 12.2 Å². The van der Waals surface area contributed by atoms with E-state index in [0.29, 0.717) is 11.3 Å². The highest BCUT2D eigenvalue weighted by molar-refractivity contribution is 7.66. The average molecular weight is 576 g/mol. The SMILES string of the molecule is CN(c1nc(N)nc2c1ncn2[C@@H]1O[C@@H]2C(OP(=O)(O)OP(=O)(O)OP(=O)(O)O)[C@]2(O)[C@@H]1F)C1CC1. The van der Waals surface area contributed by atoms with Crippen molar-refractivity contribution in [3.8, 4) is 0 Å². The van der Waals surface area contributed by atoms with E-state index in [1.54, 1.807) is 7.05 Å². The molecule has 0 bridgehead atoms. The van der Waals surface area contributed by atoms with Crippen molar-refractivity contribution in [3.63, 3.8) is 0 Å². The lowest BCUT2D eigenvalue weighted by molar-refractivity contribution is -0.0597. The lowest BCUT2D eigenvalue weighted by Crippen LogP contribution is -2.34. The number of fused-ring (bicyclic) bond motifs is 2. The van der Waals surface area contributed by atoms with Crippen LogP contribution < -0.4 is 10.6 Å². The highest BCUT2D eigenvalue weighted by Gasteiger charge is 2.80. The molecule has 5 rings (SSSR count). The summed E-state index contributed by atoms with van der Waals surface area (Å²) in [5.41, 5.74) is 3.73. The van der Waals surface area contributed by atoms with Crippen LogP contribution in [0.3, 0.4) is 0 Å². The van der Waals surface area contributed by atoms with Crippen LogP contribution in [0.5, 0.6) is 0 Å². The molecule has 3 heterocycles. The molecule has 7 atom stereocenters. The Morgan fingerprint density at radius 1 is 1.19 bits per heavy atom. The molecular formula is C14H20FN6O12P3. The van der Waals surface area contributed by atoms with Crippen molar-refractivity contribution >= 4 is 46.4 Å². The fraction of sp³-hybridized carbons (Fsp3) is 0.643. The van der Waals surface area contributed by atoms with Crippen LogP contribution in [0.4, 0.5) is 16.2 Å². The zero-order valence-corrected chi connectivity index (χ0v) is 20.7. The quantitative estimate of drug-likeness (QED) is 0.209. The number of phosphoric acid groups is 3. The number of alkyl halides is 1. The molecule has 2 saturated carbocycles. The smallest absolute Gasteiger partial charge is 0.381 e. The number of nitrogens with two attached hydrogens (primary N) is 1. The Hall–Kier alpha value is -1.59. The molecular weight excluding hydrogens is 556 g/mol. The largest absolute Gasteiger partial charge is 0.490 e. The first kappa shape index (κ1) is 26.0. The van der Waals surface area contributed by atoms with E-state index >= 15 is 4.39 Å². The first-order chi connectivity index (χ1) is 16.5. The van der Waals surface area contributed by atoms with Crippen molar-refractivity contribution in [2.75, 3.05) is 17.7 Å². The predicted molar refractivity (Wildman–Crippen MR) is 114 cm³/mol. The summed E-state index contributed by atoms with van der Waals surface area (Å²) in [5, 5.41) is 10.7. The Bertz CT molecular complexity index is 1370. The lowest BCUT2D eigenvalue weighted by atomic mass is 10.2. The van der Waals surface area contributed by atoms with Crippen molar-refractivity contribution in [2.24, 2.45) is 0 Å². The van der Waals surface area contributed by atoms with Crippen LogP contribution in [-0.2, 0) is 31.6 Å². The maximum absolute atomic E-state index is 15.3. The van der Waals surface area contributed by atoms with Gasteiger partial charge in [0.2, 0.25) is 5.95 Å². The Kier molecular flexibility index (Phi) is 5.93. The molecule has 0 aromatic carbocycles. The number of hydrogen-bond acceptors (Lipinski definition) is 13. The molecule has 0 radical (unpaired) electrons. The Balaban J connectivity index is 1.33. The molecule has 2 aliphatic carbocycles. The van der Waals surface area contributed by atoms with Gasteiger partial charge >= 0.3 is 23.5 Å². The maximum atomic E-state index is 15.3. The number of aliphatic hydroxyl groups is 1. The standard InChI is InChI=1S/C14H20FN6O12P3/c1-20(5-2-3-5)10-6-11(19-13(16)18-10)21(4-17-6)12-7(15)14(22)8(30-12)9(14)31-35(26,27)33-36(28,29)32-34(23,24)25/h4-5,7-9,12,22H,2-3H2,1H3,(H,26,27)(H,28,29)(H2,16,18,19)(H2,23,24,25)/t7-,8-,9?,12-,14+/m1/s1. The highest BCUT2D eigenvalue weighted by atomic mass is 31.3. The number of anilines is 2. The van der Waals surface area contributed by atoms with Crippen LogP contribution in [0.2, 0.25) is 0 Å². The summed E-state index contributed by atoms with van der Waals surface area (Å²) < 4.78 is 67.9. The van der Waals surface area contributed by atoms with E-state index in [4.69, 9.17) is 20.3 Å². The topological polar surface area (TPSA) is 262 Å². The molecule has 0 spiro atoms. The fourth-order valence-electron chi connectivity index (χ4n) is 4.05. The monoisotopic (exact) mass is 576 g/mol. The van der Waals surface area contributed by atoms with Gasteiger partial charge in [-0.3, -0.25) is 9.09 Å². The number of ether oxygens (including phenoxy) is 1. The second kappa shape index (κ2) is 8.20. The number of imidazole rings is 1. The van der Waals surface area contributed by atoms with Crippen molar-refractivity contribution in [1.29, 1.82) is 0 Å². The van der Waals surface area contributed by atoms with Crippen LogP contribution in [0, 0.1) is 0 Å². The van der Waals surface area contributed by atoms with Crippen LogP contribution in [-0.4, -0.2) is 81.3 Å². The van der Waals surface area contributed by atoms with Gasteiger partial charge in [0, 0.05) is 13.1 Å². The molecule has 3 fully saturated rings. The first-order valence-corrected chi connectivity index (χ1v) is 14.6. The number of rotatable bonds is 9. The van der Waals surface area contributed by atoms with Gasteiger partial charge in [-0.05, 0) is 12.8 Å². The summed E-state index contributed by atoms with van der Waals surface area (Å²) in [6, 6.07) is 0.244. The molecule has 2 aromatic heterocycles. The summed E-state index contributed by atoms with van der Waals surface area (Å²) in [6.07, 6.45) is -4.07. The predicted octanol–water partition coefficient (Wildman–Crippen LogP) is -0.301. The average Bonchev–Trinajstić information content (AvgIpc) is 3.57. The zero-order valence-electron chi connectivity index (χ0n) is 18.0. The third-order valence-corrected chi connectivity index (χ3v) is 9.66. The van der Waals surface area contributed by atoms with Crippen molar-refractivity contribution in [2.45, 2.75) is 49.1 Å². The Morgan fingerprint density at radius 2 is 1.86 bits per heavy atom. The first-order valence-electron chi connectivity index (χ1n) is 10.1. The molecule has 36 heavy (non-hydrogen) atoms. The number of hydrogen-bond donors (Lipinski definition) is 6. The van der Waals surface area contributed by atoms with Crippen molar-refractivity contribution < 1.29 is 60.6 Å². The summed E-state index contributed by atoms with van der Waals surface area (Å²) in [4.78, 5) is 50.4. The van der Waals surface area contributed by atoms with Crippen LogP contribution >= 0.6 is 23.5 Å². The van der Waals surface area contributed by atoms with Gasteiger partial charge in [-0.1, -0.05) is 0 Å². The normalized spacial score (nSPS) is 33.2. The molecule has 3 aliphatic rings. The molecule has 0 amide bonds. The highest BCUT2D eigenvalue weighted by Crippen LogP contribution is 2.69. The fourth-order valence-corrected chi connectivity index (χ4v) is 7.27. The number of phosphoric ester groups is 1. The van der Waals surface area contributed by atoms with E-state index in [1.807, 2.05) is 4.90 Å². The number of halogens is 1. The van der Waals surface area contributed by atoms with Gasteiger partial charge in [0.15, 0.2) is 35.0 Å². The summed E-state index contributed by atoms with van der Waals surface area (Å²) in [7, 11) is -15.2.